The molecule has 0 N–H and O–H groups in total. The van der Waals surface area contributed by atoms with E-state index in [9.17, 15) is 14.4 Å². The summed E-state index contributed by atoms with van der Waals surface area (Å²) in [5.74, 6) is -0.0743. The van der Waals surface area contributed by atoms with Gasteiger partial charge in [-0.25, -0.2) is 0 Å². The van der Waals surface area contributed by atoms with Crippen LogP contribution in [0.3, 0.4) is 0 Å². The summed E-state index contributed by atoms with van der Waals surface area (Å²) in [6.07, 6.45) is 2.39. The van der Waals surface area contributed by atoms with Gasteiger partial charge in [-0.1, -0.05) is 0 Å². The molecule has 2 amide bonds. The van der Waals surface area contributed by atoms with Gasteiger partial charge in [0.1, 0.15) is 0 Å². The molecule has 114 valence electrons. The fourth-order valence-corrected chi connectivity index (χ4v) is 2.43. The minimum absolute atomic E-state index is 0.00581. The Kier molecular flexibility index (Phi) is 6.48. The maximum atomic E-state index is 12.2. The average molecular weight is 284 g/mol. The van der Waals surface area contributed by atoms with Gasteiger partial charge in [-0.15, -0.1) is 0 Å². The predicted octanol–water partition coefficient (Wildman–Crippen LogP) is 0.656. The Hall–Kier alpha value is -1.59. The average Bonchev–Trinajstić information content (AvgIpc) is 2.46. The summed E-state index contributed by atoms with van der Waals surface area (Å²) < 4.78 is 4.56. The van der Waals surface area contributed by atoms with Crippen LogP contribution in [0.2, 0.25) is 0 Å². The first-order valence-electron chi connectivity index (χ1n) is 7.03. The fraction of sp³-hybridized carbons (Fsp3) is 0.786. The van der Waals surface area contributed by atoms with Crippen molar-refractivity contribution in [2.45, 2.75) is 32.6 Å². The van der Waals surface area contributed by atoms with Crippen LogP contribution in [0.1, 0.15) is 32.6 Å². The third-order valence-electron chi connectivity index (χ3n) is 3.77. The zero-order valence-electron chi connectivity index (χ0n) is 12.6. The smallest absolute Gasteiger partial charge is 0.305 e. The van der Waals surface area contributed by atoms with E-state index in [-0.39, 0.29) is 23.7 Å². The molecule has 0 bridgehead atoms. The quantitative estimate of drug-likeness (QED) is 0.695. The monoisotopic (exact) mass is 284 g/mol. The van der Waals surface area contributed by atoms with Crippen LogP contribution >= 0.6 is 0 Å². The molecule has 1 fully saturated rings. The highest BCUT2D eigenvalue weighted by Gasteiger charge is 2.27. The summed E-state index contributed by atoms with van der Waals surface area (Å²) in [6.45, 7) is 3.42. The van der Waals surface area contributed by atoms with Gasteiger partial charge < -0.3 is 14.5 Å². The summed E-state index contributed by atoms with van der Waals surface area (Å²) in [4.78, 5) is 37.9. The van der Waals surface area contributed by atoms with E-state index in [1.807, 2.05) is 0 Å². The first kappa shape index (κ1) is 16.5. The van der Waals surface area contributed by atoms with Gasteiger partial charge in [0, 0.05) is 45.9 Å². The molecular weight excluding hydrogens is 260 g/mol. The van der Waals surface area contributed by atoms with Gasteiger partial charge in [0.25, 0.3) is 0 Å². The Morgan fingerprint density at radius 3 is 2.35 bits per heavy atom. The minimum atomic E-state index is -0.249. The Morgan fingerprint density at radius 1 is 1.25 bits per heavy atom. The van der Waals surface area contributed by atoms with Gasteiger partial charge in [0.15, 0.2) is 0 Å². The van der Waals surface area contributed by atoms with Gasteiger partial charge in [0.05, 0.1) is 7.11 Å². The molecule has 1 aliphatic rings. The molecule has 0 spiro atoms. The molecule has 0 aromatic carbocycles. The van der Waals surface area contributed by atoms with E-state index in [4.69, 9.17) is 0 Å². The number of amides is 2. The molecule has 0 radical (unpaired) electrons. The highest BCUT2D eigenvalue weighted by atomic mass is 16.5. The molecule has 0 atom stereocenters. The van der Waals surface area contributed by atoms with Crippen molar-refractivity contribution in [3.05, 3.63) is 0 Å². The van der Waals surface area contributed by atoms with E-state index in [2.05, 4.69) is 4.74 Å². The van der Waals surface area contributed by atoms with Crippen LogP contribution in [0, 0.1) is 5.92 Å². The van der Waals surface area contributed by atoms with Crippen molar-refractivity contribution in [3.8, 4) is 0 Å². The first-order valence-corrected chi connectivity index (χ1v) is 7.03. The van der Waals surface area contributed by atoms with Crippen molar-refractivity contribution in [2.75, 3.05) is 33.8 Å². The largest absolute Gasteiger partial charge is 0.469 e. The van der Waals surface area contributed by atoms with Gasteiger partial charge in [-0.3, -0.25) is 14.4 Å². The normalized spacial score (nSPS) is 15.8. The number of carbonyl (C=O) groups excluding carboxylic acids is 3. The van der Waals surface area contributed by atoms with E-state index in [1.165, 1.54) is 7.11 Å². The zero-order valence-corrected chi connectivity index (χ0v) is 12.6. The molecule has 1 aliphatic heterocycles. The van der Waals surface area contributed by atoms with Crippen LogP contribution in [0.4, 0.5) is 0 Å². The van der Waals surface area contributed by atoms with Crippen molar-refractivity contribution < 1.29 is 19.1 Å². The molecule has 0 unspecified atom stereocenters. The number of hydrogen-bond acceptors (Lipinski definition) is 4. The molecule has 1 rings (SSSR count). The third-order valence-corrected chi connectivity index (χ3v) is 3.77. The second kappa shape index (κ2) is 7.87. The third kappa shape index (κ3) is 4.83. The van der Waals surface area contributed by atoms with E-state index < -0.39 is 0 Å². The van der Waals surface area contributed by atoms with E-state index in [0.717, 1.165) is 12.8 Å². The number of piperidine rings is 1. The number of ether oxygens (including phenoxy) is 1. The van der Waals surface area contributed by atoms with Crippen molar-refractivity contribution in [1.82, 2.24) is 9.80 Å². The highest BCUT2D eigenvalue weighted by Crippen LogP contribution is 2.19. The lowest BCUT2D eigenvalue weighted by atomic mass is 9.95. The summed E-state index contributed by atoms with van der Waals surface area (Å²) in [5.41, 5.74) is 0. The molecule has 1 saturated heterocycles. The molecule has 6 heteroatoms. The topological polar surface area (TPSA) is 66.9 Å². The minimum Gasteiger partial charge on any atom is -0.469 e. The SMILES string of the molecule is COC(=O)CCCN(C)C(=O)C1CCN(C(C)=O)CC1. The molecule has 0 aromatic heterocycles. The second-order valence-electron chi connectivity index (χ2n) is 5.22. The summed E-state index contributed by atoms with van der Waals surface area (Å²) in [5, 5.41) is 0. The molecule has 0 aliphatic carbocycles. The van der Waals surface area contributed by atoms with E-state index in [0.29, 0.717) is 32.5 Å². The number of likely N-dealkylation sites (tertiary alicyclic amines) is 1. The van der Waals surface area contributed by atoms with Crippen LogP contribution in [0.5, 0.6) is 0 Å². The van der Waals surface area contributed by atoms with Gasteiger partial charge in [0.2, 0.25) is 11.8 Å². The van der Waals surface area contributed by atoms with Gasteiger partial charge in [-0.2, -0.15) is 0 Å². The number of hydrogen-bond donors (Lipinski definition) is 0. The number of rotatable bonds is 5. The maximum absolute atomic E-state index is 12.2. The number of carbonyl (C=O) groups is 3. The van der Waals surface area contributed by atoms with Crippen LogP contribution < -0.4 is 0 Å². The van der Waals surface area contributed by atoms with E-state index in [1.54, 1.807) is 23.8 Å². The van der Waals surface area contributed by atoms with Crippen molar-refractivity contribution in [2.24, 2.45) is 5.92 Å². The molecule has 6 nitrogen and oxygen atoms in total. The molecule has 20 heavy (non-hydrogen) atoms. The lowest BCUT2D eigenvalue weighted by Gasteiger charge is -2.32. The zero-order chi connectivity index (χ0) is 15.1. The van der Waals surface area contributed by atoms with E-state index >= 15 is 0 Å². The summed E-state index contributed by atoms with van der Waals surface area (Å²) >= 11 is 0. The molecular formula is C14H24N2O4. The first-order chi connectivity index (χ1) is 9.45. The van der Waals surface area contributed by atoms with Crippen LogP contribution in [0.15, 0.2) is 0 Å². The Labute approximate surface area is 120 Å². The lowest BCUT2D eigenvalue weighted by Crippen LogP contribution is -2.43. The van der Waals surface area contributed by atoms with Crippen molar-refractivity contribution in [3.63, 3.8) is 0 Å². The summed E-state index contributed by atoms with van der Waals surface area (Å²) in [6, 6.07) is 0. The molecule has 1 heterocycles. The van der Waals surface area contributed by atoms with Crippen LogP contribution in [0.25, 0.3) is 0 Å². The molecule has 0 saturated carbocycles. The van der Waals surface area contributed by atoms with Crippen molar-refractivity contribution >= 4 is 17.8 Å². The highest BCUT2D eigenvalue weighted by molar-refractivity contribution is 5.79. The standard InChI is InChI=1S/C14H24N2O4/c1-11(17)16-9-6-12(7-10-16)14(19)15(2)8-4-5-13(18)20-3/h12H,4-10H2,1-3H3. The second-order valence-corrected chi connectivity index (χ2v) is 5.22. The molecule has 0 aromatic rings. The van der Waals surface area contributed by atoms with Crippen LogP contribution in [-0.4, -0.2) is 61.4 Å². The Balaban J connectivity index is 2.31. The van der Waals surface area contributed by atoms with Crippen LogP contribution in [-0.2, 0) is 19.1 Å². The Morgan fingerprint density at radius 2 is 1.85 bits per heavy atom. The summed E-state index contributed by atoms with van der Waals surface area (Å²) in [7, 11) is 3.12. The number of nitrogens with zero attached hydrogens (tertiary/aromatic N) is 2. The lowest BCUT2D eigenvalue weighted by molar-refractivity contribution is -0.142. The van der Waals surface area contributed by atoms with Crippen molar-refractivity contribution in [1.29, 1.82) is 0 Å². The number of methoxy groups -OCH3 is 1. The van der Waals surface area contributed by atoms with Gasteiger partial charge in [-0.05, 0) is 19.3 Å². The van der Waals surface area contributed by atoms with Gasteiger partial charge >= 0.3 is 5.97 Å². The predicted molar refractivity (Wildman–Crippen MR) is 73.9 cm³/mol. The maximum Gasteiger partial charge on any atom is 0.305 e. The Bertz CT molecular complexity index is 362. The number of esters is 1. The fourth-order valence-electron chi connectivity index (χ4n) is 2.43.